The zero-order chi connectivity index (χ0) is 14.3. The monoisotopic (exact) mass is 270 g/mol. The van der Waals surface area contributed by atoms with Gasteiger partial charge in [0, 0.05) is 19.6 Å². The number of amides is 2. The Morgan fingerprint density at radius 2 is 1.63 bits per heavy atom. The molecular formula is C14H26N2O3. The minimum Gasteiger partial charge on any atom is -0.481 e. The van der Waals surface area contributed by atoms with Crippen molar-refractivity contribution in [3.05, 3.63) is 0 Å². The Balaban J connectivity index is 2.53. The van der Waals surface area contributed by atoms with E-state index in [1.807, 2.05) is 18.7 Å². The number of carboxylic acid groups (broad SMARTS) is 1. The average Bonchev–Trinajstić information content (AvgIpc) is 2.68. The summed E-state index contributed by atoms with van der Waals surface area (Å²) in [5, 5.41) is 12.1. The second-order valence-electron chi connectivity index (χ2n) is 5.35. The summed E-state index contributed by atoms with van der Waals surface area (Å²) in [6.07, 6.45) is 5.48. The molecule has 1 fully saturated rings. The number of hydrogen-bond acceptors (Lipinski definition) is 2. The molecule has 2 amide bonds. The molecule has 110 valence electrons. The SMILES string of the molecule is CCC(CC)(CNC(=O)N1CCCCCC1)C(=O)O. The predicted molar refractivity (Wildman–Crippen MR) is 74.1 cm³/mol. The summed E-state index contributed by atoms with van der Waals surface area (Å²) in [7, 11) is 0. The number of carbonyl (C=O) groups excluding carboxylic acids is 1. The highest BCUT2D eigenvalue weighted by Gasteiger charge is 2.35. The van der Waals surface area contributed by atoms with E-state index in [0.29, 0.717) is 12.8 Å². The first-order valence-corrected chi connectivity index (χ1v) is 7.32. The second-order valence-corrected chi connectivity index (χ2v) is 5.35. The van der Waals surface area contributed by atoms with Gasteiger partial charge in [-0.3, -0.25) is 4.79 Å². The maximum Gasteiger partial charge on any atom is 0.317 e. The van der Waals surface area contributed by atoms with Gasteiger partial charge in [0.05, 0.1) is 5.41 Å². The van der Waals surface area contributed by atoms with Crippen LogP contribution in [0.15, 0.2) is 0 Å². The fourth-order valence-corrected chi connectivity index (χ4v) is 2.51. The number of nitrogens with zero attached hydrogens (tertiary/aromatic N) is 1. The maximum absolute atomic E-state index is 12.1. The molecule has 19 heavy (non-hydrogen) atoms. The van der Waals surface area contributed by atoms with Gasteiger partial charge in [-0.05, 0) is 25.7 Å². The normalized spacial score (nSPS) is 16.8. The molecule has 0 bridgehead atoms. The van der Waals surface area contributed by atoms with Gasteiger partial charge < -0.3 is 15.3 Å². The molecule has 1 heterocycles. The number of nitrogens with one attached hydrogen (secondary N) is 1. The van der Waals surface area contributed by atoms with Crippen LogP contribution in [0, 0.1) is 5.41 Å². The lowest BCUT2D eigenvalue weighted by molar-refractivity contribution is -0.149. The van der Waals surface area contributed by atoms with Crippen molar-refractivity contribution in [1.29, 1.82) is 0 Å². The van der Waals surface area contributed by atoms with Gasteiger partial charge >= 0.3 is 12.0 Å². The number of aliphatic carboxylic acids is 1. The summed E-state index contributed by atoms with van der Waals surface area (Å²) >= 11 is 0. The van der Waals surface area contributed by atoms with E-state index in [0.717, 1.165) is 25.9 Å². The van der Waals surface area contributed by atoms with Crippen molar-refractivity contribution < 1.29 is 14.7 Å². The molecule has 2 N–H and O–H groups in total. The Labute approximate surface area is 115 Å². The molecule has 0 spiro atoms. The van der Waals surface area contributed by atoms with Gasteiger partial charge in [0.2, 0.25) is 0 Å². The van der Waals surface area contributed by atoms with E-state index in [4.69, 9.17) is 0 Å². The average molecular weight is 270 g/mol. The molecule has 0 aromatic heterocycles. The molecule has 0 saturated carbocycles. The van der Waals surface area contributed by atoms with E-state index in [-0.39, 0.29) is 12.6 Å². The lowest BCUT2D eigenvalue weighted by Crippen LogP contribution is -2.47. The third-order valence-electron chi connectivity index (χ3n) is 4.28. The Morgan fingerprint density at radius 3 is 2.05 bits per heavy atom. The molecule has 1 saturated heterocycles. The Kier molecular flexibility index (Phi) is 6.12. The second kappa shape index (κ2) is 7.36. The number of likely N-dealkylation sites (tertiary alicyclic amines) is 1. The summed E-state index contributed by atoms with van der Waals surface area (Å²) in [6.45, 7) is 5.49. The Bertz CT molecular complexity index is 306. The molecule has 0 aliphatic carbocycles. The molecular weight excluding hydrogens is 244 g/mol. The van der Waals surface area contributed by atoms with E-state index in [1.54, 1.807) is 0 Å². The zero-order valence-electron chi connectivity index (χ0n) is 12.1. The first kappa shape index (κ1) is 15.8. The van der Waals surface area contributed by atoms with Gasteiger partial charge in [-0.15, -0.1) is 0 Å². The molecule has 0 atom stereocenters. The van der Waals surface area contributed by atoms with Gasteiger partial charge in [0.1, 0.15) is 0 Å². The lowest BCUT2D eigenvalue weighted by atomic mass is 9.82. The van der Waals surface area contributed by atoms with Crippen molar-refractivity contribution in [3.63, 3.8) is 0 Å². The minimum absolute atomic E-state index is 0.116. The van der Waals surface area contributed by atoms with Crippen LogP contribution in [0.1, 0.15) is 52.4 Å². The highest BCUT2D eigenvalue weighted by Crippen LogP contribution is 2.25. The highest BCUT2D eigenvalue weighted by molar-refractivity contribution is 5.78. The lowest BCUT2D eigenvalue weighted by Gasteiger charge is -2.29. The van der Waals surface area contributed by atoms with Crippen LogP contribution in [-0.2, 0) is 4.79 Å². The third-order valence-corrected chi connectivity index (χ3v) is 4.28. The van der Waals surface area contributed by atoms with Gasteiger partial charge in [-0.1, -0.05) is 26.7 Å². The summed E-state index contributed by atoms with van der Waals surface area (Å²) in [6, 6.07) is -0.116. The molecule has 0 unspecified atom stereocenters. The quantitative estimate of drug-likeness (QED) is 0.806. The van der Waals surface area contributed by atoms with E-state index in [1.165, 1.54) is 12.8 Å². The smallest absolute Gasteiger partial charge is 0.317 e. The van der Waals surface area contributed by atoms with Gasteiger partial charge in [-0.25, -0.2) is 4.79 Å². The highest BCUT2D eigenvalue weighted by atomic mass is 16.4. The standard InChI is InChI=1S/C14H26N2O3/c1-3-14(4-2,12(17)18)11-15-13(19)16-9-7-5-6-8-10-16/h3-11H2,1-2H3,(H,15,19)(H,17,18). The molecule has 0 aromatic carbocycles. The molecule has 1 aliphatic heterocycles. The number of urea groups is 1. The molecule has 5 nitrogen and oxygen atoms in total. The van der Waals surface area contributed by atoms with E-state index < -0.39 is 11.4 Å². The zero-order valence-corrected chi connectivity index (χ0v) is 12.1. The topological polar surface area (TPSA) is 69.6 Å². The fraction of sp³-hybridized carbons (Fsp3) is 0.857. The molecule has 0 radical (unpaired) electrons. The minimum atomic E-state index is -0.832. The van der Waals surface area contributed by atoms with Crippen molar-refractivity contribution in [3.8, 4) is 0 Å². The first-order chi connectivity index (χ1) is 9.05. The van der Waals surface area contributed by atoms with Crippen molar-refractivity contribution in [2.45, 2.75) is 52.4 Å². The van der Waals surface area contributed by atoms with E-state index in [9.17, 15) is 14.7 Å². The van der Waals surface area contributed by atoms with E-state index in [2.05, 4.69) is 5.32 Å². The van der Waals surface area contributed by atoms with Gasteiger partial charge in [0.15, 0.2) is 0 Å². The summed E-state index contributed by atoms with van der Waals surface area (Å²) < 4.78 is 0. The van der Waals surface area contributed by atoms with Crippen molar-refractivity contribution in [2.24, 2.45) is 5.41 Å². The van der Waals surface area contributed by atoms with Crippen molar-refractivity contribution in [1.82, 2.24) is 10.2 Å². The maximum atomic E-state index is 12.1. The van der Waals surface area contributed by atoms with Gasteiger partial charge in [0.25, 0.3) is 0 Å². The van der Waals surface area contributed by atoms with Crippen molar-refractivity contribution >= 4 is 12.0 Å². The molecule has 0 aromatic rings. The van der Waals surface area contributed by atoms with Crippen LogP contribution >= 0.6 is 0 Å². The predicted octanol–water partition coefficient (Wildman–Crippen LogP) is 2.46. The van der Waals surface area contributed by atoms with Crippen LogP contribution in [-0.4, -0.2) is 41.6 Å². The summed E-state index contributed by atoms with van der Waals surface area (Å²) in [5.74, 6) is -0.825. The Hall–Kier alpha value is -1.26. The van der Waals surface area contributed by atoms with Crippen LogP contribution in [0.5, 0.6) is 0 Å². The van der Waals surface area contributed by atoms with Crippen LogP contribution < -0.4 is 5.32 Å². The van der Waals surface area contributed by atoms with E-state index >= 15 is 0 Å². The number of hydrogen-bond donors (Lipinski definition) is 2. The molecule has 5 heteroatoms. The number of rotatable bonds is 5. The number of carbonyl (C=O) groups is 2. The summed E-state index contributed by atoms with van der Waals surface area (Å²) in [4.78, 5) is 25.2. The fourth-order valence-electron chi connectivity index (χ4n) is 2.51. The van der Waals surface area contributed by atoms with Crippen LogP contribution in [0.4, 0.5) is 4.79 Å². The third kappa shape index (κ3) is 4.11. The summed E-state index contributed by atoms with van der Waals surface area (Å²) in [5.41, 5.74) is -0.832. The number of carboxylic acids is 1. The van der Waals surface area contributed by atoms with Crippen molar-refractivity contribution in [2.75, 3.05) is 19.6 Å². The first-order valence-electron chi connectivity index (χ1n) is 7.32. The van der Waals surface area contributed by atoms with Crippen LogP contribution in [0.25, 0.3) is 0 Å². The van der Waals surface area contributed by atoms with Crippen LogP contribution in [0.3, 0.4) is 0 Å². The Morgan fingerprint density at radius 1 is 1.11 bits per heavy atom. The van der Waals surface area contributed by atoms with Gasteiger partial charge in [-0.2, -0.15) is 0 Å². The molecule has 1 rings (SSSR count). The molecule has 1 aliphatic rings. The largest absolute Gasteiger partial charge is 0.481 e. The van der Waals surface area contributed by atoms with Crippen LogP contribution in [0.2, 0.25) is 0 Å².